The second kappa shape index (κ2) is 6.79. The van der Waals surface area contributed by atoms with E-state index >= 15 is 0 Å². The van der Waals surface area contributed by atoms with Gasteiger partial charge in [0.1, 0.15) is 0 Å². The molecular weight excluding hydrogens is 297 g/mol. The summed E-state index contributed by atoms with van der Waals surface area (Å²) >= 11 is 12.0. The van der Waals surface area contributed by atoms with Gasteiger partial charge in [-0.3, -0.25) is 4.79 Å². The van der Waals surface area contributed by atoms with Crippen molar-refractivity contribution in [1.29, 1.82) is 0 Å². The Morgan fingerprint density at radius 3 is 2.75 bits per heavy atom. The molecule has 0 radical (unpaired) electrons. The van der Waals surface area contributed by atoms with Crippen molar-refractivity contribution in [2.75, 3.05) is 13.6 Å². The van der Waals surface area contributed by atoms with Gasteiger partial charge in [0.05, 0.1) is 21.7 Å². The molecule has 0 aromatic heterocycles. The molecule has 5 heteroatoms. The quantitative estimate of drug-likeness (QED) is 0.925. The summed E-state index contributed by atoms with van der Waals surface area (Å²) in [6, 6.07) is 5.04. The molecule has 2 rings (SSSR count). The molecule has 1 aliphatic rings. The summed E-state index contributed by atoms with van der Waals surface area (Å²) in [7, 11) is 1.74. The molecule has 1 saturated carbocycles. The van der Waals surface area contributed by atoms with Crippen LogP contribution in [-0.4, -0.2) is 35.6 Å². The maximum Gasteiger partial charge on any atom is 0.255 e. The fourth-order valence-corrected chi connectivity index (χ4v) is 3.09. The Morgan fingerprint density at radius 2 is 2.05 bits per heavy atom. The Kier molecular flexibility index (Phi) is 5.30. The Balaban J connectivity index is 2.06. The molecule has 2 atom stereocenters. The third-order valence-corrected chi connectivity index (χ3v) is 4.72. The van der Waals surface area contributed by atoms with Crippen molar-refractivity contribution >= 4 is 29.1 Å². The summed E-state index contributed by atoms with van der Waals surface area (Å²) in [6.07, 6.45) is 3.65. The van der Waals surface area contributed by atoms with E-state index in [4.69, 9.17) is 23.2 Å². The van der Waals surface area contributed by atoms with Crippen molar-refractivity contribution in [3.05, 3.63) is 33.8 Å². The summed E-state index contributed by atoms with van der Waals surface area (Å²) in [6.45, 7) is 0.544. The molecule has 1 fully saturated rings. The Labute approximate surface area is 129 Å². The lowest BCUT2D eigenvalue weighted by molar-refractivity contribution is 0.0451. The van der Waals surface area contributed by atoms with Crippen LogP contribution in [0.25, 0.3) is 0 Å². The zero-order valence-corrected chi connectivity index (χ0v) is 13.0. The van der Waals surface area contributed by atoms with E-state index in [-0.39, 0.29) is 23.0 Å². The van der Waals surface area contributed by atoms with Gasteiger partial charge in [-0.05, 0) is 25.0 Å². The topological polar surface area (TPSA) is 40.5 Å². The first-order valence-corrected chi connectivity index (χ1v) is 7.64. The molecule has 110 valence electrons. The van der Waals surface area contributed by atoms with Gasteiger partial charge in [0.2, 0.25) is 0 Å². The molecule has 1 amide bonds. The van der Waals surface area contributed by atoms with Crippen LogP contribution < -0.4 is 0 Å². The molecule has 1 aliphatic carbocycles. The highest BCUT2D eigenvalue weighted by molar-refractivity contribution is 6.43. The van der Waals surface area contributed by atoms with Crippen molar-refractivity contribution < 1.29 is 9.90 Å². The number of aliphatic hydroxyl groups is 1. The van der Waals surface area contributed by atoms with Crippen LogP contribution in [0, 0.1) is 5.92 Å². The van der Waals surface area contributed by atoms with E-state index in [1.165, 1.54) is 0 Å². The SMILES string of the molecule is CN(CC1CCCCC1O)C(=O)c1cccc(Cl)c1Cl. The number of rotatable bonds is 3. The van der Waals surface area contributed by atoms with Crippen LogP contribution in [0.15, 0.2) is 18.2 Å². The second-order valence-corrected chi connectivity index (χ2v) is 6.18. The highest BCUT2D eigenvalue weighted by Gasteiger charge is 2.26. The van der Waals surface area contributed by atoms with Crippen molar-refractivity contribution in [3.63, 3.8) is 0 Å². The molecule has 0 saturated heterocycles. The van der Waals surface area contributed by atoms with Crippen molar-refractivity contribution in [2.45, 2.75) is 31.8 Å². The first-order valence-electron chi connectivity index (χ1n) is 6.88. The van der Waals surface area contributed by atoms with Crippen molar-refractivity contribution in [1.82, 2.24) is 4.90 Å². The highest BCUT2D eigenvalue weighted by atomic mass is 35.5. The predicted molar refractivity (Wildman–Crippen MR) is 81.4 cm³/mol. The van der Waals surface area contributed by atoms with Gasteiger partial charge in [-0.2, -0.15) is 0 Å². The first kappa shape index (κ1) is 15.6. The third kappa shape index (κ3) is 3.46. The fraction of sp³-hybridized carbons (Fsp3) is 0.533. The highest BCUT2D eigenvalue weighted by Crippen LogP contribution is 2.28. The molecular formula is C15H19Cl2NO2. The monoisotopic (exact) mass is 315 g/mol. The number of hydrogen-bond donors (Lipinski definition) is 1. The largest absolute Gasteiger partial charge is 0.393 e. The molecule has 1 N–H and O–H groups in total. The predicted octanol–water partition coefficient (Wildman–Crippen LogP) is 3.62. The van der Waals surface area contributed by atoms with Crippen LogP contribution in [-0.2, 0) is 0 Å². The van der Waals surface area contributed by atoms with E-state index in [0.717, 1.165) is 25.7 Å². The number of benzene rings is 1. The average molecular weight is 316 g/mol. The van der Waals surface area contributed by atoms with Gasteiger partial charge in [0.15, 0.2) is 0 Å². The zero-order chi connectivity index (χ0) is 14.7. The Bertz CT molecular complexity index is 493. The lowest BCUT2D eigenvalue weighted by atomic mass is 9.86. The van der Waals surface area contributed by atoms with Gasteiger partial charge in [0.25, 0.3) is 5.91 Å². The number of carbonyl (C=O) groups excluding carboxylic acids is 1. The number of carbonyl (C=O) groups is 1. The summed E-state index contributed by atoms with van der Waals surface area (Å²) in [5.41, 5.74) is 0.409. The maximum atomic E-state index is 12.4. The summed E-state index contributed by atoms with van der Waals surface area (Å²) in [5.74, 6) is -0.00840. The summed E-state index contributed by atoms with van der Waals surface area (Å²) < 4.78 is 0. The smallest absolute Gasteiger partial charge is 0.255 e. The molecule has 2 unspecified atom stereocenters. The van der Waals surface area contributed by atoms with E-state index in [0.29, 0.717) is 17.1 Å². The number of amides is 1. The van der Waals surface area contributed by atoms with Crippen LogP contribution >= 0.6 is 23.2 Å². The fourth-order valence-electron chi connectivity index (χ4n) is 2.71. The van der Waals surface area contributed by atoms with E-state index in [2.05, 4.69) is 0 Å². The molecule has 0 bridgehead atoms. The minimum absolute atomic E-state index is 0.149. The van der Waals surface area contributed by atoms with Gasteiger partial charge >= 0.3 is 0 Å². The molecule has 0 spiro atoms. The van der Waals surface area contributed by atoms with Crippen LogP contribution in [0.2, 0.25) is 10.0 Å². The summed E-state index contributed by atoms with van der Waals surface area (Å²) in [4.78, 5) is 14.0. The number of nitrogens with zero attached hydrogens (tertiary/aromatic N) is 1. The van der Waals surface area contributed by atoms with E-state index in [9.17, 15) is 9.90 Å². The zero-order valence-electron chi connectivity index (χ0n) is 11.5. The van der Waals surface area contributed by atoms with Crippen LogP contribution in [0.3, 0.4) is 0 Å². The second-order valence-electron chi connectivity index (χ2n) is 5.40. The van der Waals surface area contributed by atoms with Gasteiger partial charge in [-0.25, -0.2) is 0 Å². The number of aliphatic hydroxyl groups excluding tert-OH is 1. The normalized spacial score (nSPS) is 22.6. The van der Waals surface area contributed by atoms with Crippen LogP contribution in [0.4, 0.5) is 0 Å². The minimum atomic E-state index is -0.311. The number of hydrogen-bond acceptors (Lipinski definition) is 2. The Morgan fingerprint density at radius 1 is 1.35 bits per heavy atom. The Hall–Kier alpha value is -0.770. The maximum absolute atomic E-state index is 12.4. The lowest BCUT2D eigenvalue weighted by Gasteiger charge is -2.31. The minimum Gasteiger partial charge on any atom is -0.393 e. The third-order valence-electron chi connectivity index (χ3n) is 3.91. The van der Waals surface area contributed by atoms with Crippen molar-refractivity contribution in [3.8, 4) is 0 Å². The van der Waals surface area contributed by atoms with Crippen molar-refractivity contribution in [2.24, 2.45) is 5.92 Å². The number of halogens is 2. The lowest BCUT2D eigenvalue weighted by Crippen LogP contribution is -2.38. The van der Waals surface area contributed by atoms with Gasteiger partial charge in [0, 0.05) is 19.5 Å². The van der Waals surface area contributed by atoms with E-state index in [1.54, 1.807) is 30.1 Å². The molecule has 1 aromatic carbocycles. The molecule has 20 heavy (non-hydrogen) atoms. The van der Waals surface area contributed by atoms with Crippen LogP contribution in [0.5, 0.6) is 0 Å². The average Bonchev–Trinajstić information content (AvgIpc) is 2.43. The molecule has 1 aromatic rings. The first-order chi connectivity index (χ1) is 9.50. The van der Waals surface area contributed by atoms with Gasteiger partial charge in [-0.15, -0.1) is 0 Å². The molecule has 0 aliphatic heterocycles. The van der Waals surface area contributed by atoms with Gasteiger partial charge < -0.3 is 10.0 Å². The molecule has 3 nitrogen and oxygen atoms in total. The standard InChI is InChI=1S/C15H19Cl2NO2/c1-18(9-10-5-2-3-8-13(10)19)15(20)11-6-4-7-12(16)14(11)17/h4,6-7,10,13,19H,2-3,5,8-9H2,1H3. The van der Waals surface area contributed by atoms with E-state index in [1.807, 2.05) is 0 Å². The van der Waals surface area contributed by atoms with E-state index < -0.39 is 0 Å². The summed E-state index contributed by atoms with van der Waals surface area (Å²) in [5, 5.41) is 10.6. The van der Waals surface area contributed by atoms with Crippen LogP contribution in [0.1, 0.15) is 36.0 Å². The molecule has 0 heterocycles. The van der Waals surface area contributed by atoms with Gasteiger partial charge in [-0.1, -0.05) is 42.1 Å².